The third-order valence-electron chi connectivity index (χ3n) is 11.4. The summed E-state index contributed by atoms with van der Waals surface area (Å²) in [6, 6.07) is 5.13. The fourth-order valence-corrected chi connectivity index (χ4v) is 8.51. The van der Waals surface area contributed by atoms with Crippen molar-refractivity contribution in [1.29, 1.82) is 0 Å². The van der Waals surface area contributed by atoms with Gasteiger partial charge in [-0.25, -0.2) is 4.39 Å². The number of likely N-dealkylation sites (tertiary alicyclic amines) is 3. The molecule has 47 heavy (non-hydrogen) atoms. The average molecular weight is 645 g/mol. The standard InChI is InChI=1S/C38H53FN6O2/c1-7-33(9-8-13-42-20-30-22-44(27(5)46)23-31(30)21-42)43-14-12-28(19-43)15-29-24-45(36-18-40-17-26(4)37(29)36)35-11-10-32(39)16-34(35)38(47)41(6)25(2)3/h10-11,16-18,24-25,28,30-31,33H,7-9,12-15,19-23H2,1-6H3/t28-,30-,31-,33?/m0/s1. The number of carbonyl (C=O) groups excluding carboxylic acids is 2. The van der Waals surface area contributed by atoms with Crippen molar-refractivity contribution in [3.63, 3.8) is 0 Å². The van der Waals surface area contributed by atoms with Crippen LogP contribution in [0.25, 0.3) is 16.6 Å². The van der Waals surface area contributed by atoms with Gasteiger partial charge in [0.05, 0.1) is 23.0 Å². The minimum Gasteiger partial charge on any atom is -0.342 e. The van der Waals surface area contributed by atoms with Crippen LogP contribution in [0.15, 0.2) is 36.8 Å². The maximum absolute atomic E-state index is 14.5. The van der Waals surface area contributed by atoms with E-state index in [4.69, 9.17) is 0 Å². The fourth-order valence-electron chi connectivity index (χ4n) is 8.51. The van der Waals surface area contributed by atoms with E-state index < -0.39 is 5.82 Å². The zero-order valence-electron chi connectivity index (χ0n) is 29.2. The molecule has 0 spiro atoms. The lowest BCUT2D eigenvalue weighted by Gasteiger charge is -2.28. The topological polar surface area (TPSA) is 64.9 Å². The number of aromatic nitrogens is 2. The molecular weight excluding hydrogens is 591 g/mol. The lowest BCUT2D eigenvalue weighted by atomic mass is 9.97. The van der Waals surface area contributed by atoms with Gasteiger partial charge in [-0.05, 0) is 113 Å². The minimum atomic E-state index is -0.416. The van der Waals surface area contributed by atoms with Crippen molar-refractivity contribution in [1.82, 2.24) is 29.2 Å². The van der Waals surface area contributed by atoms with Crippen LogP contribution in [-0.2, 0) is 11.2 Å². The van der Waals surface area contributed by atoms with E-state index in [0.717, 1.165) is 63.3 Å². The molecule has 0 radical (unpaired) electrons. The average Bonchev–Trinajstić information content (AvgIpc) is 3.82. The molecule has 3 fully saturated rings. The van der Waals surface area contributed by atoms with Gasteiger partial charge in [-0.15, -0.1) is 0 Å². The first kappa shape index (κ1) is 33.6. The number of aryl methyl sites for hydroxylation is 1. The third-order valence-corrected chi connectivity index (χ3v) is 11.4. The predicted octanol–water partition coefficient (Wildman–Crippen LogP) is 5.79. The van der Waals surface area contributed by atoms with Crippen molar-refractivity contribution in [3.8, 4) is 5.69 Å². The zero-order valence-corrected chi connectivity index (χ0v) is 29.2. The number of amides is 2. The molecule has 3 aliphatic heterocycles. The minimum absolute atomic E-state index is 0.00300. The van der Waals surface area contributed by atoms with Crippen molar-refractivity contribution < 1.29 is 14.0 Å². The van der Waals surface area contributed by atoms with Crippen LogP contribution in [0.5, 0.6) is 0 Å². The number of rotatable bonds is 11. The molecule has 6 rings (SSSR count). The SMILES string of the molecule is CCC(CCCN1C[C@H]2CN(C(C)=O)C[C@@H]2C1)N1CC[C@@H](Cc2cn(-c3ccc(F)cc3C(=O)N(C)C(C)C)c3cncc(C)c23)C1. The fraction of sp³-hybridized carbons (Fsp3) is 0.605. The summed E-state index contributed by atoms with van der Waals surface area (Å²) in [5.74, 6) is 1.48. The number of fused-ring (bicyclic) bond motifs is 2. The monoisotopic (exact) mass is 644 g/mol. The second-order valence-corrected chi connectivity index (χ2v) is 14.8. The van der Waals surface area contributed by atoms with Gasteiger partial charge >= 0.3 is 0 Å². The molecule has 8 nitrogen and oxygen atoms in total. The smallest absolute Gasteiger partial charge is 0.256 e. The predicted molar refractivity (Wildman–Crippen MR) is 185 cm³/mol. The van der Waals surface area contributed by atoms with Crippen LogP contribution in [0.4, 0.5) is 4.39 Å². The molecule has 5 heterocycles. The van der Waals surface area contributed by atoms with Crippen LogP contribution >= 0.6 is 0 Å². The zero-order chi connectivity index (χ0) is 33.4. The number of halogens is 1. The Labute approximate surface area is 279 Å². The van der Waals surface area contributed by atoms with Gasteiger partial charge < -0.3 is 24.2 Å². The van der Waals surface area contributed by atoms with E-state index >= 15 is 0 Å². The molecule has 2 aromatic heterocycles. The molecule has 0 aliphatic carbocycles. The molecular formula is C38H53FN6O2. The van der Waals surface area contributed by atoms with Gasteiger partial charge in [-0.2, -0.15) is 0 Å². The molecule has 0 bridgehead atoms. The summed E-state index contributed by atoms with van der Waals surface area (Å²) >= 11 is 0. The van der Waals surface area contributed by atoms with E-state index in [1.807, 2.05) is 31.1 Å². The maximum atomic E-state index is 14.5. The second kappa shape index (κ2) is 14.0. The molecule has 1 unspecified atom stereocenters. The highest BCUT2D eigenvalue weighted by Gasteiger charge is 2.40. The molecule has 1 aromatic carbocycles. The quantitative estimate of drug-likeness (QED) is 0.265. The van der Waals surface area contributed by atoms with E-state index in [-0.39, 0.29) is 17.9 Å². The maximum Gasteiger partial charge on any atom is 0.256 e. The lowest BCUT2D eigenvalue weighted by molar-refractivity contribution is -0.128. The normalized spacial score (nSPS) is 22.5. The van der Waals surface area contributed by atoms with Crippen molar-refractivity contribution in [2.24, 2.45) is 17.8 Å². The summed E-state index contributed by atoms with van der Waals surface area (Å²) in [4.78, 5) is 38.8. The molecule has 0 N–H and O–H groups in total. The van der Waals surface area contributed by atoms with E-state index in [1.54, 1.807) is 24.9 Å². The summed E-state index contributed by atoms with van der Waals surface area (Å²) < 4.78 is 16.6. The first-order valence-corrected chi connectivity index (χ1v) is 17.8. The Balaban J connectivity index is 1.12. The van der Waals surface area contributed by atoms with Crippen molar-refractivity contribution in [3.05, 3.63) is 59.3 Å². The van der Waals surface area contributed by atoms with Crippen molar-refractivity contribution in [2.75, 3.05) is 52.9 Å². The summed E-state index contributed by atoms with van der Waals surface area (Å²) in [5, 5.41) is 1.19. The van der Waals surface area contributed by atoms with E-state index in [0.29, 0.717) is 35.0 Å². The van der Waals surface area contributed by atoms with Crippen LogP contribution in [0.1, 0.15) is 74.9 Å². The number of pyridine rings is 1. The van der Waals surface area contributed by atoms with E-state index in [9.17, 15) is 14.0 Å². The first-order valence-electron chi connectivity index (χ1n) is 17.8. The number of benzene rings is 1. The number of nitrogens with zero attached hydrogens (tertiary/aromatic N) is 6. The highest BCUT2D eigenvalue weighted by atomic mass is 19.1. The van der Waals surface area contributed by atoms with Gasteiger partial charge in [0.2, 0.25) is 5.91 Å². The van der Waals surface area contributed by atoms with Gasteiger partial charge in [0, 0.05) is 76.6 Å². The van der Waals surface area contributed by atoms with Crippen LogP contribution in [0.2, 0.25) is 0 Å². The molecule has 254 valence electrons. The van der Waals surface area contributed by atoms with Crippen molar-refractivity contribution in [2.45, 2.75) is 78.8 Å². The molecule has 3 saturated heterocycles. The van der Waals surface area contributed by atoms with Crippen LogP contribution in [-0.4, -0.2) is 106 Å². The van der Waals surface area contributed by atoms with Crippen LogP contribution < -0.4 is 0 Å². The molecule has 3 aliphatic rings. The summed E-state index contributed by atoms with van der Waals surface area (Å²) in [5.41, 5.74) is 4.38. The largest absolute Gasteiger partial charge is 0.342 e. The molecule has 2 amide bonds. The first-order chi connectivity index (χ1) is 22.5. The summed E-state index contributed by atoms with van der Waals surface area (Å²) in [6.45, 7) is 17.6. The Bertz CT molecular complexity index is 1590. The molecule has 0 saturated carbocycles. The third kappa shape index (κ3) is 6.98. The van der Waals surface area contributed by atoms with E-state index in [2.05, 4.69) is 39.4 Å². The number of hydrogen-bond acceptors (Lipinski definition) is 5. The van der Waals surface area contributed by atoms with Crippen LogP contribution in [0, 0.1) is 30.5 Å². The Kier molecular flexibility index (Phi) is 10.0. The van der Waals surface area contributed by atoms with Crippen molar-refractivity contribution >= 4 is 22.7 Å². The molecule has 4 atom stereocenters. The Morgan fingerprint density at radius 2 is 1.83 bits per heavy atom. The Morgan fingerprint density at radius 3 is 2.51 bits per heavy atom. The highest BCUT2D eigenvalue weighted by molar-refractivity contribution is 5.99. The van der Waals surface area contributed by atoms with Gasteiger partial charge in [0.15, 0.2) is 0 Å². The van der Waals surface area contributed by atoms with Gasteiger partial charge in [0.25, 0.3) is 5.91 Å². The number of hydrogen-bond donors (Lipinski definition) is 0. The van der Waals surface area contributed by atoms with E-state index in [1.165, 1.54) is 48.8 Å². The lowest BCUT2D eigenvalue weighted by Crippen LogP contribution is -2.35. The van der Waals surface area contributed by atoms with Crippen LogP contribution in [0.3, 0.4) is 0 Å². The van der Waals surface area contributed by atoms with Gasteiger partial charge in [0.1, 0.15) is 5.82 Å². The Morgan fingerprint density at radius 1 is 1.09 bits per heavy atom. The highest BCUT2D eigenvalue weighted by Crippen LogP contribution is 2.34. The Hall–Kier alpha value is -3.30. The van der Waals surface area contributed by atoms with Gasteiger partial charge in [-0.1, -0.05) is 6.92 Å². The molecule has 9 heteroatoms. The summed E-state index contributed by atoms with van der Waals surface area (Å²) in [7, 11) is 1.77. The summed E-state index contributed by atoms with van der Waals surface area (Å²) in [6.07, 6.45) is 11.7. The number of carbonyl (C=O) groups is 2. The second-order valence-electron chi connectivity index (χ2n) is 14.8. The van der Waals surface area contributed by atoms with Gasteiger partial charge in [-0.3, -0.25) is 14.6 Å². The molecule has 3 aromatic rings.